The van der Waals surface area contributed by atoms with Gasteiger partial charge in [0.2, 0.25) is 0 Å². The number of ether oxygens (including phenoxy) is 1. The topological polar surface area (TPSA) is 92.5 Å². The maximum atomic E-state index is 11.1. The molecule has 19 heavy (non-hydrogen) atoms. The van der Waals surface area contributed by atoms with Crippen molar-refractivity contribution in [3.8, 4) is 0 Å². The largest absolute Gasteiger partial charge is 0.469 e. The second kappa shape index (κ2) is 5.73. The van der Waals surface area contributed by atoms with Gasteiger partial charge >= 0.3 is 5.97 Å². The maximum absolute atomic E-state index is 11.1. The van der Waals surface area contributed by atoms with Crippen LogP contribution in [0.2, 0.25) is 0 Å². The monoisotopic (exact) mass is 262 g/mol. The number of nitrogens with zero attached hydrogens (tertiary/aromatic N) is 2. The van der Waals surface area contributed by atoms with Gasteiger partial charge in [-0.25, -0.2) is 0 Å². The molecule has 0 aliphatic rings. The lowest BCUT2D eigenvalue weighted by atomic mass is 10.0. The quantitative estimate of drug-likeness (QED) is 0.783. The molecule has 6 nitrogen and oxygen atoms in total. The number of aliphatic hydroxyl groups is 2. The molecular weight excluding hydrogens is 248 g/mol. The van der Waals surface area contributed by atoms with Crippen LogP contribution in [0.3, 0.4) is 0 Å². The first-order valence-corrected chi connectivity index (χ1v) is 5.75. The molecule has 2 atom stereocenters. The first-order chi connectivity index (χ1) is 9.11. The highest BCUT2D eigenvalue weighted by Gasteiger charge is 2.22. The number of rotatable bonds is 4. The van der Waals surface area contributed by atoms with Gasteiger partial charge in [0.05, 0.1) is 30.7 Å². The number of carbonyl (C=O) groups is 1. The second-order valence-corrected chi connectivity index (χ2v) is 4.10. The van der Waals surface area contributed by atoms with Crippen LogP contribution in [-0.4, -0.2) is 39.4 Å². The number of esters is 1. The Morgan fingerprint density at radius 3 is 2.63 bits per heavy atom. The van der Waals surface area contributed by atoms with E-state index in [-0.39, 0.29) is 6.42 Å². The van der Waals surface area contributed by atoms with E-state index < -0.39 is 18.2 Å². The van der Waals surface area contributed by atoms with Gasteiger partial charge in [-0.1, -0.05) is 6.07 Å². The summed E-state index contributed by atoms with van der Waals surface area (Å²) < 4.78 is 4.44. The van der Waals surface area contributed by atoms with E-state index >= 15 is 0 Å². The molecule has 100 valence electrons. The van der Waals surface area contributed by atoms with E-state index in [1.54, 1.807) is 30.6 Å². The van der Waals surface area contributed by atoms with Crippen molar-refractivity contribution in [2.24, 2.45) is 0 Å². The van der Waals surface area contributed by atoms with Crippen LogP contribution in [-0.2, 0) is 9.53 Å². The fourth-order valence-corrected chi connectivity index (χ4v) is 1.75. The van der Waals surface area contributed by atoms with Gasteiger partial charge in [0, 0.05) is 12.4 Å². The van der Waals surface area contributed by atoms with Crippen LogP contribution in [0.5, 0.6) is 0 Å². The average Bonchev–Trinajstić information content (AvgIpc) is 2.45. The Morgan fingerprint density at radius 1 is 1.26 bits per heavy atom. The highest BCUT2D eigenvalue weighted by molar-refractivity contribution is 5.74. The summed E-state index contributed by atoms with van der Waals surface area (Å²) in [5.41, 5.74) is 1.79. The summed E-state index contributed by atoms with van der Waals surface area (Å²) in [5.74, 6) is -0.577. The van der Waals surface area contributed by atoms with Gasteiger partial charge < -0.3 is 14.9 Å². The molecule has 1 aromatic carbocycles. The van der Waals surface area contributed by atoms with E-state index in [9.17, 15) is 15.0 Å². The predicted molar refractivity (Wildman–Crippen MR) is 67.1 cm³/mol. The smallest absolute Gasteiger partial charge is 0.308 e. The number of aliphatic hydroxyl groups excluding tert-OH is 2. The summed E-state index contributed by atoms with van der Waals surface area (Å²) in [6, 6.07) is 4.97. The van der Waals surface area contributed by atoms with E-state index in [0.717, 1.165) is 0 Å². The number of fused-ring (bicyclic) bond motifs is 1. The Kier molecular flexibility index (Phi) is 4.03. The minimum absolute atomic E-state index is 0.268. The van der Waals surface area contributed by atoms with Gasteiger partial charge in [0.25, 0.3) is 0 Å². The molecule has 0 aliphatic heterocycles. The van der Waals surface area contributed by atoms with Crippen LogP contribution in [0.1, 0.15) is 18.1 Å². The molecule has 2 aromatic rings. The van der Waals surface area contributed by atoms with Crippen molar-refractivity contribution >= 4 is 17.0 Å². The molecule has 2 rings (SSSR count). The minimum Gasteiger partial charge on any atom is -0.469 e. The zero-order chi connectivity index (χ0) is 13.8. The van der Waals surface area contributed by atoms with Crippen LogP contribution in [0.15, 0.2) is 30.6 Å². The average molecular weight is 262 g/mol. The van der Waals surface area contributed by atoms with Gasteiger partial charge in [-0.2, -0.15) is 0 Å². The normalized spacial score (nSPS) is 14.1. The molecular formula is C13H14N2O4. The van der Waals surface area contributed by atoms with E-state index in [4.69, 9.17) is 0 Å². The van der Waals surface area contributed by atoms with Crippen molar-refractivity contribution in [2.45, 2.75) is 18.6 Å². The lowest BCUT2D eigenvalue weighted by Crippen LogP contribution is -2.22. The molecule has 1 aromatic heterocycles. The lowest BCUT2D eigenvalue weighted by Gasteiger charge is -2.17. The first-order valence-electron chi connectivity index (χ1n) is 5.75. The van der Waals surface area contributed by atoms with Gasteiger partial charge in [-0.3, -0.25) is 14.8 Å². The fraction of sp³-hybridized carbons (Fsp3) is 0.308. The van der Waals surface area contributed by atoms with Gasteiger partial charge in [-0.15, -0.1) is 0 Å². The molecule has 0 spiro atoms. The summed E-state index contributed by atoms with van der Waals surface area (Å²) >= 11 is 0. The highest BCUT2D eigenvalue weighted by atomic mass is 16.5. The van der Waals surface area contributed by atoms with Crippen molar-refractivity contribution in [3.05, 3.63) is 36.2 Å². The molecule has 2 unspecified atom stereocenters. The summed E-state index contributed by atoms with van der Waals surface area (Å²) in [6.07, 6.45) is 0.455. The van der Waals surface area contributed by atoms with E-state index in [1.807, 2.05) is 0 Å². The summed E-state index contributed by atoms with van der Waals surface area (Å²) in [5, 5.41) is 19.7. The van der Waals surface area contributed by atoms with Crippen molar-refractivity contribution < 1.29 is 19.7 Å². The van der Waals surface area contributed by atoms with Crippen molar-refractivity contribution in [1.82, 2.24) is 9.97 Å². The zero-order valence-corrected chi connectivity index (χ0v) is 10.4. The Labute approximate surface area is 109 Å². The van der Waals surface area contributed by atoms with Gasteiger partial charge in [-0.05, 0) is 17.7 Å². The molecule has 2 N–H and O–H groups in total. The molecule has 0 saturated carbocycles. The zero-order valence-electron chi connectivity index (χ0n) is 10.4. The molecule has 0 aliphatic carbocycles. The van der Waals surface area contributed by atoms with E-state index in [1.165, 1.54) is 7.11 Å². The van der Waals surface area contributed by atoms with Crippen molar-refractivity contribution in [3.63, 3.8) is 0 Å². The number of methoxy groups -OCH3 is 1. The predicted octanol–water partition coefficient (Wildman–Crippen LogP) is 0.587. The number of hydrogen-bond acceptors (Lipinski definition) is 6. The Balaban J connectivity index is 2.21. The minimum atomic E-state index is -1.22. The van der Waals surface area contributed by atoms with E-state index in [2.05, 4.69) is 14.7 Å². The number of hydrogen-bond donors (Lipinski definition) is 2. The Morgan fingerprint density at radius 2 is 1.95 bits per heavy atom. The van der Waals surface area contributed by atoms with Crippen molar-refractivity contribution in [2.75, 3.05) is 7.11 Å². The van der Waals surface area contributed by atoms with Gasteiger partial charge in [0.15, 0.2) is 0 Å². The third kappa shape index (κ3) is 3.04. The Hall–Kier alpha value is -2.05. The molecule has 0 radical (unpaired) electrons. The Bertz CT molecular complexity index is 588. The van der Waals surface area contributed by atoms with E-state index in [0.29, 0.717) is 16.6 Å². The second-order valence-electron chi connectivity index (χ2n) is 4.10. The fourth-order valence-electron chi connectivity index (χ4n) is 1.75. The molecule has 0 amide bonds. The lowest BCUT2D eigenvalue weighted by molar-refractivity contribution is -0.144. The van der Waals surface area contributed by atoms with Crippen LogP contribution in [0.4, 0.5) is 0 Å². The number of carbonyl (C=O) groups excluding carboxylic acids is 1. The third-order valence-corrected chi connectivity index (χ3v) is 2.80. The standard InChI is InChI=1S/C13H14N2O4/c1-19-12(17)7-11(16)13(18)8-2-3-9-10(6-8)15-5-4-14-9/h2-6,11,13,16,18H,7H2,1H3. The molecule has 0 saturated heterocycles. The molecule has 1 heterocycles. The van der Waals surface area contributed by atoms with Crippen molar-refractivity contribution in [1.29, 1.82) is 0 Å². The third-order valence-electron chi connectivity index (χ3n) is 2.80. The number of aromatic nitrogens is 2. The highest BCUT2D eigenvalue weighted by Crippen LogP contribution is 2.22. The summed E-state index contributed by atoms with van der Waals surface area (Å²) in [4.78, 5) is 19.3. The van der Waals surface area contributed by atoms with Crippen LogP contribution < -0.4 is 0 Å². The van der Waals surface area contributed by atoms with Crippen LogP contribution in [0.25, 0.3) is 11.0 Å². The molecule has 6 heteroatoms. The van der Waals surface area contributed by atoms with Crippen LogP contribution in [0, 0.1) is 0 Å². The number of benzene rings is 1. The molecule has 0 fully saturated rings. The SMILES string of the molecule is COC(=O)CC(O)C(O)c1ccc2nccnc2c1. The summed E-state index contributed by atoms with van der Waals surface area (Å²) in [7, 11) is 1.23. The van der Waals surface area contributed by atoms with Crippen LogP contribution >= 0.6 is 0 Å². The summed E-state index contributed by atoms with van der Waals surface area (Å²) in [6.45, 7) is 0. The first kappa shape index (κ1) is 13.4. The maximum Gasteiger partial charge on any atom is 0.308 e. The molecule has 0 bridgehead atoms. The van der Waals surface area contributed by atoms with Gasteiger partial charge in [0.1, 0.15) is 6.10 Å².